The lowest BCUT2D eigenvalue weighted by Crippen LogP contribution is -2.52. The number of Topliss-reactive ketones (excluding diaryl/α,β-unsaturated/α-hetero) is 1. The van der Waals surface area contributed by atoms with E-state index in [-0.39, 0.29) is 30.4 Å². The number of rotatable bonds is 14. The van der Waals surface area contributed by atoms with E-state index < -0.39 is 35.4 Å². The van der Waals surface area contributed by atoms with Crippen molar-refractivity contribution in [3.8, 4) is 0 Å². The zero-order chi connectivity index (χ0) is 29.4. The van der Waals surface area contributed by atoms with Crippen molar-refractivity contribution >= 4 is 23.5 Å². The van der Waals surface area contributed by atoms with Gasteiger partial charge in [-0.25, -0.2) is 0 Å². The highest BCUT2D eigenvalue weighted by molar-refractivity contribution is 5.98. The van der Waals surface area contributed by atoms with Crippen LogP contribution in [0.25, 0.3) is 0 Å². The van der Waals surface area contributed by atoms with Gasteiger partial charge in [-0.1, -0.05) is 25.1 Å². The minimum absolute atomic E-state index is 0.0376. The summed E-state index contributed by atoms with van der Waals surface area (Å²) >= 11 is 0. The van der Waals surface area contributed by atoms with Gasteiger partial charge in [0.1, 0.15) is 11.6 Å². The topological polar surface area (TPSA) is 168 Å². The van der Waals surface area contributed by atoms with Crippen molar-refractivity contribution in [3.63, 3.8) is 0 Å². The quantitative estimate of drug-likeness (QED) is 0.268. The van der Waals surface area contributed by atoms with Crippen LogP contribution in [0.4, 0.5) is 0 Å². The van der Waals surface area contributed by atoms with Gasteiger partial charge in [0.15, 0.2) is 17.2 Å². The second kappa shape index (κ2) is 13.8. The average Bonchev–Trinajstić information content (AvgIpc) is 3.54. The monoisotopic (exact) mass is 570 g/mol. The molecule has 0 unspecified atom stereocenters. The lowest BCUT2D eigenvalue weighted by molar-refractivity contribution is -0.131. The fourth-order valence-electron chi connectivity index (χ4n) is 4.50. The molecule has 13 nitrogen and oxygen atoms in total. The molecule has 0 aliphatic carbocycles. The molecular weight excluding hydrogens is 532 g/mol. The van der Waals surface area contributed by atoms with E-state index in [0.717, 1.165) is 13.1 Å². The largest absolute Gasteiger partial charge is 0.379 e. The zero-order valence-electron chi connectivity index (χ0n) is 23.7. The molecule has 2 aromatic heterocycles. The number of epoxide rings is 1. The fourth-order valence-corrected chi connectivity index (χ4v) is 4.50. The third-order valence-corrected chi connectivity index (χ3v) is 6.92. The Morgan fingerprint density at radius 1 is 1.10 bits per heavy atom. The van der Waals surface area contributed by atoms with Crippen LogP contribution in [0.2, 0.25) is 0 Å². The smallest absolute Gasteiger partial charge is 0.274 e. The van der Waals surface area contributed by atoms with Crippen molar-refractivity contribution in [3.05, 3.63) is 47.6 Å². The van der Waals surface area contributed by atoms with Crippen LogP contribution in [0, 0.1) is 5.92 Å². The normalized spacial score (nSPS) is 20.2. The first-order valence-electron chi connectivity index (χ1n) is 13.8. The van der Waals surface area contributed by atoms with Crippen molar-refractivity contribution in [2.75, 3.05) is 39.5 Å². The van der Waals surface area contributed by atoms with Crippen molar-refractivity contribution in [2.45, 2.75) is 57.8 Å². The van der Waals surface area contributed by atoms with E-state index >= 15 is 0 Å². The summed E-state index contributed by atoms with van der Waals surface area (Å²) in [6, 6.07) is 5.03. The Morgan fingerprint density at radius 2 is 1.85 bits per heavy atom. The molecule has 2 saturated heterocycles. The van der Waals surface area contributed by atoms with Crippen LogP contribution in [0.15, 0.2) is 35.0 Å². The Bertz CT molecular complexity index is 1210. The fraction of sp³-hybridized carbons (Fsp3) is 0.571. The molecule has 2 aliphatic heterocycles. The Morgan fingerprint density at radius 3 is 2.51 bits per heavy atom. The second-order valence-electron chi connectivity index (χ2n) is 11.0. The highest BCUT2D eigenvalue weighted by atomic mass is 16.6. The molecule has 4 rings (SSSR count). The summed E-state index contributed by atoms with van der Waals surface area (Å²) < 4.78 is 16.0. The molecule has 3 amide bonds. The number of morpholine rings is 1. The molecule has 4 heterocycles. The third-order valence-electron chi connectivity index (χ3n) is 6.92. The first-order chi connectivity index (χ1) is 19.6. The minimum Gasteiger partial charge on any atom is -0.379 e. The number of pyridine rings is 1. The molecular formula is C28H38N6O7. The number of nitrogens with one attached hydrogen (secondary N) is 3. The van der Waals surface area contributed by atoms with Gasteiger partial charge in [-0.2, -0.15) is 0 Å². The third kappa shape index (κ3) is 8.90. The van der Waals surface area contributed by atoms with Crippen molar-refractivity contribution in [1.82, 2.24) is 31.0 Å². The second-order valence-corrected chi connectivity index (χ2v) is 11.0. The molecule has 2 aliphatic rings. The summed E-state index contributed by atoms with van der Waals surface area (Å²) in [4.78, 5) is 58.1. The number of carbonyl (C=O) groups is 4. The Hall–Kier alpha value is -3.68. The van der Waals surface area contributed by atoms with Crippen LogP contribution in [0.1, 0.15) is 49.1 Å². The van der Waals surface area contributed by atoms with Gasteiger partial charge in [0.2, 0.25) is 11.8 Å². The van der Waals surface area contributed by atoms with Gasteiger partial charge in [-0.05, 0) is 31.4 Å². The number of ether oxygens (including phenoxy) is 2. The van der Waals surface area contributed by atoms with E-state index in [1.165, 1.54) is 0 Å². The highest BCUT2D eigenvalue weighted by Crippen LogP contribution is 2.29. The molecule has 0 radical (unpaired) electrons. The minimum atomic E-state index is -1.04. The molecule has 3 N–H and O–H groups in total. The van der Waals surface area contributed by atoms with Gasteiger partial charge in [0.25, 0.3) is 5.91 Å². The SMILES string of the molecule is CC(C)C[C@H](NC(=O)CNC(=O)[C@H](Cc1ccccn1)NC(=O)c1cc(CN2CCOCC2)on1)C(=O)[C@@]1(C)CO1. The van der Waals surface area contributed by atoms with E-state index in [0.29, 0.717) is 44.2 Å². The lowest BCUT2D eigenvalue weighted by Gasteiger charge is -2.25. The predicted molar refractivity (Wildman–Crippen MR) is 146 cm³/mol. The number of amides is 3. The maximum Gasteiger partial charge on any atom is 0.274 e. The predicted octanol–water partition coefficient (Wildman–Crippen LogP) is 0.248. The number of hydrogen-bond donors (Lipinski definition) is 3. The Balaban J connectivity index is 1.36. The van der Waals surface area contributed by atoms with Gasteiger partial charge in [0, 0.05) is 37.5 Å². The number of carbonyl (C=O) groups excluding carboxylic acids is 4. The lowest BCUT2D eigenvalue weighted by atomic mass is 9.93. The van der Waals surface area contributed by atoms with Crippen LogP contribution in [0.5, 0.6) is 0 Å². The maximum absolute atomic E-state index is 13.2. The van der Waals surface area contributed by atoms with Crippen LogP contribution in [-0.2, 0) is 36.8 Å². The number of ketones is 1. The molecule has 2 fully saturated rings. The van der Waals surface area contributed by atoms with Crippen molar-refractivity contribution in [2.24, 2.45) is 5.92 Å². The van der Waals surface area contributed by atoms with Crippen molar-refractivity contribution in [1.29, 1.82) is 0 Å². The van der Waals surface area contributed by atoms with Gasteiger partial charge in [-0.3, -0.25) is 29.1 Å². The van der Waals surface area contributed by atoms with Crippen molar-refractivity contribution < 1.29 is 33.2 Å². The molecule has 0 saturated carbocycles. The maximum atomic E-state index is 13.2. The average molecular weight is 571 g/mol. The summed E-state index contributed by atoms with van der Waals surface area (Å²) in [5.41, 5.74) is -0.265. The summed E-state index contributed by atoms with van der Waals surface area (Å²) in [6.45, 7) is 8.81. The summed E-state index contributed by atoms with van der Waals surface area (Å²) in [6.07, 6.45) is 2.12. The first kappa shape index (κ1) is 30.3. The van der Waals surface area contributed by atoms with Crippen LogP contribution >= 0.6 is 0 Å². The molecule has 3 atom stereocenters. The van der Waals surface area contributed by atoms with E-state index in [2.05, 4.69) is 31.0 Å². The molecule has 0 aromatic carbocycles. The first-order valence-corrected chi connectivity index (χ1v) is 13.8. The molecule has 13 heteroatoms. The number of nitrogens with zero attached hydrogens (tertiary/aromatic N) is 3. The summed E-state index contributed by atoms with van der Waals surface area (Å²) in [5, 5.41) is 11.9. The number of aromatic nitrogens is 2. The van der Waals surface area contributed by atoms with Gasteiger partial charge < -0.3 is 29.9 Å². The standard InChI is InChI=1S/C28H38N6O7/c1-18(2)12-21(25(36)28(3)17-40-28)31-24(35)15-30-26(37)22(13-19-6-4-5-7-29-19)32-27(38)23-14-20(41-33-23)16-34-8-10-39-11-9-34/h4-7,14,18,21-22H,8-13,15-17H2,1-3H3,(H,30,37)(H,31,35)(H,32,38)/t21-,22-,28+/m0/s1. The Labute approximate surface area is 238 Å². The Kier molecular flexibility index (Phi) is 10.2. The number of hydrogen-bond acceptors (Lipinski definition) is 10. The molecule has 41 heavy (non-hydrogen) atoms. The molecule has 0 spiro atoms. The van der Waals surface area contributed by atoms with Gasteiger partial charge in [0.05, 0.1) is 39.0 Å². The van der Waals surface area contributed by atoms with E-state index in [9.17, 15) is 19.2 Å². The van der Waals surface area contributed by atoms with Crippen LogP contribution in [0.3, 0.4) is 0 Å². The zero-order valence-corrected chi connectivity index (χ0v) is 23.7. The van der Waals surface area contributed by atoms with Crippen LogP contribution < -0.4 is 16.0 Å². The van der Waals surface area contributed by atoms with Crippen LogP contribution in [-0.4, -0.2) is 95.7 Å². The van der Waals surface area contributed by atoms with E-state index in [1.54, 1.807) is 37.4 Å². The summed E-state index contributed by atoms with van der Waals surface area (Å²) in [7, 11) is 0. The van der Waals surface area contributed by atoms with E-state index in [1.807, 2.05) is 13.8 Å². The van der Waals surface area contributed by atoms with E-state index in [4.69, 9.17) is 14.0 Å². The molecule has 2 aromatic rings. The highest BCUT2D eigenvalue weighted by Gasteiger charge is 2.50. The summed E-state index contributed by atoms with van der Waals surface area (Å²) in [5.74, 6) is -1.20. The molecule has 222 valence electrons. The van der Waals surface area contributed by atoms with Gasteiger partial charge >= 0.3 is 0 Å². The van der Waals surface area contributed by atoms with Gasteiger partial charge in [-0.15, -0.1) is 0 Å². The molecule has 0 bridgehead atoms.